The van der Waals surface area contributed by atoms with Crippen LogP contribution in [0.1, 0.15) is 49.0 Å². The Hall–Kier alpha value is -3.25. The molecule has 3 aliphatic rings. The van der Waals surface area contributed by atoms with Crippen LogP contribution in [0.2, 0.25) is 0 Å². The van der Waals surface area contributed by atoms with Gasteiger partial charge in [0.15, 0.2) is 0 Å². The number of anilines is 1. The number of fused-ring (bicyclic) bond motifs is 3. The molecule has 0 bridgehead atoms. The molecule has 1 aromatic carbocycles. The molecule has 0 saturated heterocycles. The maximum Gasteiger partial charge on any atom is 0.254 e. The largest absolute Gasteiger partial charge is 0.389 e. The molecular formula is C22H23F2N5O2. The Bertz CT molecular complexity index is 1160. The van der Waals surface area contributed by atoms with Crippen LogP contribution in [0.3, 0.4) is 0 Å². The van der Waals surface area contributed by atoms with Crippen molar-refractivity contribution in [2.75, 3.05) is 11.9 Å². The van der Waals surface area contributed by atoms with Crippen LogP contribution in [0.5, 0.6) is 0 Å². The second kappa shape index (κ2) is 7.46. The second-order valence-corrected chi connectivity index (χ2v) is 8.50. The van der Waals surface area contributed by atoms with E-state index in [-0.39, 0.29) is 19.0 Å². The lowest BCUT2D eigenvalue weighted by molar-refractivity contribution is -0.206. The fourth-order valence-electron chi connectivity index (χ4n) is 4.09. The highest BCUT2D eigenvalue weighted by Crippen LogP contribution is 2.47. The van der Waals surface area contributed by atoms with Crippen LogP contribution in [0.15, 0.2) is 24.4 Å². The number of hydrogen-bond acceptors (Lipinski definition) is 5. The van der Waals surface area contributed by atoms with Crippen molar-refractivity contribution in [1.29, 1.82) is 5.26 Å². The molecule has 2 heterocycles. The zero-order chi connectivity index (χ0) is 22.4. The summed E-state index contributed by atoms with van der Waals surface area (Å²) in [6.07, 6.45) is 0.478. The van der Waals surface area contributed by atoms with Gasteiger partial charge >= 0.3 is 0 Å². The normalized spacial score (nSPS) is 16.8. The first kappa shape index (κ1) is 21.0. The van der Waals surface area contributed by atoms with Crippen molar-refractivity contribution >= 4 is 22.5 Å². The Morgan fingerprint density at radius 3 is 2.77 bits per heavy atom. The van der Waals surface area contributed by atoms with E-state index in [1.54, 1.807) is 18.3 Å². The smallest absolute Gasteiger partial charge is 0.254 e. The summed E-state index contributed by atoms with van der Waals surface area (Å²) >= 11 is 0. The van der Waals surface area contributed by atoms with Crippen molar-refractivity contribution < 1.29 is 18.7 Å². The van der Waals surface area contributed by atoms with Crippen LogP contribution >= 0.6 is 0 Å². The molecule has 4 rings (SSSR count). The lowest BCUT2D eigenvalue weighted by atomic mass is 9.74. The first-order chi connectivity index (χ1) is 14.6. The number of aliphatic hydroxyl groups is 1. The molecule has 0 aromatic heterocycles. The van der Waals surface area contributed by atoms with Gasteiger partial charge in [0.2, 0.25) is 0 Å². The van der Waals surface area contributed by atoms with Gasteiger partial charge in [-0.25, -0.2) is 13.8 Å². The number of nitrogens with one attached hydrogen (secondary N) is 3. The van der Waals surface area contributed by atoms with Crippen LogP contribution < -0.4 is 10.6 Å². The van der Waals surface area contributed by atoms with Crippen molar-refractivity contribution in [3.8, 4) is 17.5 Å². The second-order valence-electron chi connectivity index (χ2n) is 8.50. The summed E-state index contributed by atoms with van der Waals surface area (Å²) in [5, 5.41) is 26.0. The van der Waals surface area contributed by atoms with E-state index < -0.39 is 30.3 Å². The summed E-state index contributed by atoms with van der Waals surface area (Å²) in [6.45, 7) is 3.95. The summed E-state index contributed by atoms with van der Waals surface area (Å²) in [5.41, 5.74) is 1.89. The van der Waals surface area contributed by atoms with Crippen molar-refractivity contribution in [2.24, 2.45) is 0 Å². The van der Waals surface area contributed by atoms with Gasteiger partial charge in [0, 0.05) is 37.0 Å². The molecule has 2 aliphatic heterocycles. The summed E-state index contributed by atoms with van der Waals surface area (Å²) in [5.74, 6) is -3.23. The number of halogens is 2. The Balaban J connectivity index is 1.61. The molecule has 1 aromatic rings. The van der Waals surface area contributed by atoms with Crippen LogP contribution in [0, 0.1) is 11.3 Å². The fourth-order valence-corrected chi connectivity index (χ4v) is 4.09. The molecule has 7 nitrogen and oxygen atoms in total. The number of benzene rings is 1. The number of nitrogens with zero attached hydrogens (tertiary/aromatic N) is 2. The van der Waals surface area contributed by atoms with Gasteiger partial charge in [-0.2, -0.15) is 5.26 Å². The maximum atomic E-state index is 13.1. The van der Waals surface area contributed by atoms with Crippen molar-refractivity contribution in [2.45, 2.75) is 50.7 Å². The quantitative estimate of drug-likeness (QED) is 0.480. The molecule has 0 unspecified atom stereocenters. The van der Waals surface area contributed by atoms with Gasteiger partial charge in [-0.05, 0) is 38.5 Å². The zero-order valence-electron chi connectivity index (χ0n) is 17.2. The van der Waals surface area contributed by atoms with Crippen LogP contribution in [0.25, 0.3) is 22.3 Å². The minimum Gasteiger partial charge on any atom is -0.389 e. The molecular weight excluding hydrogens is 404 g/mol. The molecule has 1 amide bonds. The van der Waals surface area contributed by atoms with E-state index in [2.05, 4.69) is 26.7 Å². The van der Waals surface area contributed by atoms with Crippen LogP contribution in [-0.4, -0.2) is 45.1 Å². The summed E-state index contributed by atoms with van der Waals surface area (Å²) < 4.78 is 26.1. The van der Waals surface area contributed by atoms with Gasteiger partial charge in [-0.15, -0.1) is 0 Å². The van der Waals surface area contributed by atoms with Gasteiger partial charge in [-0.3, -0.25) is 4.79 Å². The molecule has 4 N–H and O–H groups in total. The Morgan fingerprint density at radius 2 is 2.13 bits per heavy atom. The molecule has 0 radical (unpaired) electrons. The fraction of sp³-hybridized carbons (Fsp3) is 0.409. The topological polar surface area (TPSA) is 114 Å². The van der Waals surface area contributed by atoms with Crippen molar-refractivity contribution in [3.05, 3.63) is 35.5 Å². The van der Waals surface area contributed by atoms with Crippen molar-refractivity contribution in [3.63, 3.8) is 0 Å². The number of aromatic amines is 1. The Kier molecular flexibility index (Phi) is 5.06. The minimum atomic E-state index is -2.83. The number of pyridine rings is 1. The molecule has 1 saturated carbocycles. The van der Waals surface area contributed by atoms with E-state index in [4.69, 9.17) is 5.26 Å². The van der Waals surface area contributed by atoms with E-state index >= 15 is 0 Å². The average molecular weight is 427 g/mol. The standard InChI is InChI=1S/C22H23F2N5O2/c1-12(2)28-18-15(20(30)26-6-5-21(31)10-22(23,24)11-21)9-27-17-14-4-3-13(8-25)7-16(14)29-19(17)18/h3-4,7,9,12,27-28,31H,5-6,10-11H2,1-2H3,(H,26,30). The number of aromatic nitrogens is 2. The van der Waals surface area contributed by atoms with E-state index in [0.717, 1.165) is 11.1 Å². The lowest BCUT2D eigenvalue weighted by Crippen LogP contribution is -2.53. The highest BCUT2D eigenvalue weighted by atomic mass is 19.3. The molecule has 9 heteroatoms. The van der Waals surface area contributed by atoms with E-state index in [1.807, 2.05) is 19.9 Å². The highest BCUT2D eigenvalue weighted by Gasteiger charge is 2.55. The Morgan fingerprint density at radius 1 is 1.39 bits per heavy atom. The summed E-state index contributed by atoms with van der Waals surface area (Å²) in [7, 11) is 0. The molecule has 1 aliphatic carbocycles. The number of amides is 1. The first-order valence-electron chi connectivity index (χ1n) is 10.1. The van der Waals surface area contributed by atoms with E-state index in [9.17, 15) is 18.7 Å². The van der Waals surface area contributed by atoms with Gasteiger partial charge in [0.1, 0.15) is 5.69 Å². The number of rotatable bonds is 6. The van der Waals surface area contributed by atoms with Crippen LogP contribution in [-0.2, 0) is 0 Å². The molecule has 0 spiro atoms. The number of H-pyrrole nitrogens is 1. The lowest BCUT2D eigenvalue weighted by Gasteiger charge is -2.43. The third-order valence-corrected chi connectivity index (χ3v) is 5.46. The predicted octanol–water partition coefficient (Wildman–Crippen LogP) is 3.64. The predicted molar refractivity (Wildman–Crippen MR) is 112 cm³/mol. The molecule has 31 heavy (non-hydrogen) atoms. The number of nitriles is 1. The SMILES string of the molecule is CC(C)Nc1c(C(=O)NCCC2(O)CC(F)(F)C2)c[nH]c2c3ccc(C#N)cc3nc1-2. The van der Waals surface area contributed by atoms with Gasteiger partial charge in [0.05, 0.1) is 39.7 Å². The third-order valence-electron chi connectivity index (χ3n) is 5.46. The molecule has 162 valence electrons. The van der Waals surface area contributed by atoms with E-state index in [1.165, 1.54) is 0 Å². The molecule has 1 fully saturated rings. The zero-order valence-corrected chi connectivity index (χ0v) is 17.2. The number of hydrogen-bond donors (Lipinski definition) is 4. The monoisotopic (exact) mass is 427 g/mol. The van der Waals surface area contributed by atoms with Crippen LogP contribution in [0.4, 0.5) is 14.5 Å². The third kappa shape index (κ3) is 4.03. The summed E-state index contributed by atoms with van der Waals surface area (Å²) in [4.78, 5) is 20.6. The number of carbonyl (C=O) groups excluding carboxylic acids is 1. The number of carbonyl (C=O) groups is 1. The average Bonchev–Trinajstić information content (AvgIpc) is 3.04. The van der Waals surface area contributed by atoms with Crippen molar-refractivity contribution in [1.82, 2.24) is 15.3 Å². The van der Waals surface area contributed by atoms with Gasteiger partial charge < -0.3 is 20.7 Å². The Labute approximate surface area is 177 Å². The van der Waals surface area contributed by atoms with E-state index in [0.29, 0.717) is 28.0 Å². The summed E-state index contributed by atoms with van der Waals surface area (Å²) in [6, 6.07) is 7.33. The minimum absolute atomic E-state index is 0.0181. The number of alkyl halides is 2. The first-order valence-corrected chi connectivity index (χ1v) is 10.1. The van der Waals surface area contributed by atoms with Gasteiger partial charge in [-0.1, -0.05) is 0 Å². The maximum absolute atomic E-state index is 13.1. The van der Waals surface area contributed by atoms with Gasteiger partial charge in [0.25, 0.3) is 11.8 Å². The highest BCUT2D eigenvalue weighted by molar-refractivity contribution is 6.07. The molecule has 0 atom stereocenters.